The van der Waals surface area contributed by atoms with Crippen molar-refractivity contribution in [2.45, 2.75) is 132 Å². The number of ether oxygens (including phenoxy) is 1. The van der Waals surface area contributed by atoms with Crippen LogP contribution < -0.4 is 0 Å². The maximum absolute atomic E-state index is 9.68. The first-order chi connectivity index (χ1) is 19.3. The number of carbonyl (C=O) groups excluding carboxylic acids is 2. The van der Waals surface area contributed by atoms with Gasteiger partial charge in [0.2, 0.25) is 6.10 Å². The lowest BCUT2D eigenvalue weighted by atomic mass is 9.62. The molecule has 0 spiro atoms. The predicted octanol–water partition coefficient (Wildman–Crippen LogP) is 4.95. The van der Waals surface area contributed by atoms with Gasteiger partial charge in [0.05, 0.1) is 12.7 Å². The van der Waals surface area contributed by atoms with E-state index in [4.69, 9.17) is 29.6 Å². The van der Waals surface area contributed by atoms with E-state index in [2.05, 4.69) is 59.8 Å². The van der Waals surface area contributed by atoms with Crippen LogP contribution in [0.1, 0.15) is 107 Å². The first-order valence-electron chi connectivity index (χ1n) is 16.0. The summed E-state index contributed by atoms with van der Waals surface area (Å²) in [6.45, 7) is 21.7. The van der Waals surface area contributed by atoms with Gasteiger partial charge >= 0.3 is 12.4 Å². The highest BCUT2D eigenvalue weighted by molar-refractivity contribution is 5.49. The Kier molecular flexibility index (Phi) is 20.5. The minimum Gasteiger partial charge on any atom is -0.396 e. The van der Waals surface area contributed by atoms with Crippen LogP contribution in [0, 0.1) is 40.9 Å². The highest BCUT2D eigenvalue weighted by Crippen LogP contribution is 2.63. The van der Waals surface area contributed by atoms with Crippen LogP contribution >= 0.6 is 0 Å². The van der Waals surface area contributed by atoms with E-state index < -0.39 is 0 Å². The minimum atomic E-state index is -0.361. The molecule has 0 saturated carbocycles. The van der Waals surface area contributed by atoms with Crippen molar-refractivity contribution in [3.05, 3.63) is 0 Å². The maximum Gasteiger partial charge on any atom is 0.347 e. The lowest BCUT2D eigenvalue weighted by molar-refractivity contribution is -0.110. The van der Waals surface area contributed by atoms with Crippen LogP contribution in [0.15, 0.2) is 0 Å². The smallest absolute Gasteiger partial charge is 0.347 e. The third-order valence-corrected chi connectivity index (χ3v) is 9.34. The van der Waals surface area contributed by atoms with Gasteiger partial charge in [0.15, 0.2) is 0 Å². The van der Waals surface area contributed by atoms with Gasteiger partial charge < -0.3 is 39.1 Å². The van der Waals surface area contributed by atoms with E-state index in [9.17, 15) is 5.11 Å². The minimum absolute atomic E-state index is 0.195. The summed E-state index contributed by atoms with van der Waals surface area (Å²) in [5.74, 6) is 4.22. The molecule has 1 unspecified atom stereocenters. The fourth-order valence-corrected chi connectivity index (χ4v) is 6.51. The van der Waals surface area contributed by atoms with Crippen LogP contribution in [-0.4, -0.2) is 84.0 Å². The number of fused-ring (bicyclic) bond motifs is 1. The Bertz CT molecular complexity index is 662. The Balaban J connectivity index is 0.00000103. The van der Waals surface area contributed by atoms with E-state index in [-0.39, 0.29) is 26.1 Å². The van der Waals surface area contributed by atoms with E-state index in [1.54, 1.807) is 0 Å². The summed E-state index contributed by atoms with van der Waals surface area (Å²) in [4.78, 5) is 17.7. The number of aldehydes is 2. The Hall–Kier alpha value is -0.900. The van der Waals surface area contributed by atoms with Crippen LogP contribution in [-0.2, 0) is 18.7 Å². The summed E-state index contributed by atoms with van der Waals surface area (Å²) in [5.41, 5.74) is 0.299. The summed E-state index contributed by atoms with van der Waals surface area (Å²) >= 11 is 0. The molecular formula is C33H65O8+. The van der Waals surface area contributed by atoms with E-state index in [1.165, 1.54) is 39.0 Å². The molecule has 9 atom stereocenters. The SMILES string of the molecule is CC(C)[C@@H](CC[C@@H](C)C[C@@H](C)[C@H]1CC[C@H](C)CO1)C(C)(C)[C@H](C)C1[C@H]2[C@@H](O)[O+]12.CC=O.O=CCO.OCCCCO. The van der Waals surface area contributed by atoms with E-state index in [1.807, 2.05) is 0 Å². The molecule has 0 bridgehead atoms. The number of rotatable bonds is 14. The molecule has 8 heteroatoms. The van der Waals surface area contributed by atoms with Crippen molar-refractivity contribution in [3.8, 4) is 0 Å². The van der Waals surface area contributed by atoms with Gasteiger partial charge in [0, 0.05) is 25.7 Å². The molecule has 3 rings (SSSR count). The fourth-order valence-electron chi connectivity index (χ4n) is 6.51. The second-order valence-corrected chi connectivity index (χ2v) is 13.4. The highest BCUT2D eigenvalue weighted by Gasteiger charge is 2.87. The van der Waals surface area contributed by atoms with E-state index in [0.29, 0.717) is 47.8 Å². The molecule has 3 saturated heterocycles. The molecule has 4 N–H and O–H groups in total. The normalized spacial score (nSPS) is 27.7. The Morgan fingerprint density at radius 1 is 0.976 bits per heavy atom. The standard InChI is InChI=1S/C25H47O3.C4H10O2.C2H4O2.C2H4O/c1-15(2)20(25(7,8)19(6)22-23-24(26)28(22)23)11-9-16(3)13-18(5)21-12-10-17(4)14-27-21;5-3-1-2-4-6;3-1-2-4;1-2-3/h15-24,26H,9-14H2,1-8H3;5-6H,1-4H2;1,4H,2H2;2H,1H3/q+1;;;/t16-,17+,18-,19-,20-,21-,22?,23+,24+;;;/m1.../s1. The Morgan fingerprint density at radius 3 is 1.85 bits per heavy atom. The van der Waals surface area contributed by atoms with Crippen molar-refractivity contribution >= 4 is 12.6 Å². The number of aliphatic hydroxyl groups is 4. The van der Waals surface area contributed by atoms with Crippen LogP contribution in [0.25, 0.3) is 0 Å². The van der Waals surface area contributed by atoms with Crippen molar-refractivity contribution in [2.24, 2.45) is 40.9 Å². The van der Waals surface area contributed by atoms with Gasteiger partial charge in [-0.15, -0.1) is 0 Å². The molecule has 0 aromatic carbocycles. The summed E-state index contributed by atoms with van der Waals surface area (Å²) < 4.78 is 9.22. The molecule has 3 aliphatic rings. The number of hydrogen-bond donors (Lipinski definition) is 4. The molecule has 8 nitrogen and oxygen atoms in total. The quantitative estimate of drug-likeness (QED) is 0.0977. The average Bonchev–Trinajstić information content (AvgIpc) is 3.83. The predicted molar refractivity (Wildman–Crippen MR) is 165 cm³/mol. The zero-order valence-corrected chi connectivity index (χ0v) is 27.6. The number of hydrogen-bond acceptors (Lipinski definition) is 7. The summed E-state index contributed by atoms with van der Waals surface area (Å²) in [6, 6.07) is 0. The molecule has 3 aliphatic heterocycles. The first kappa shape index (κ1) is 40.1. The first-order valence-corrected chi connectivity index (χ1v) is 16.0. The maximum atomic E-state index is 9.68. The largest absolute Gasteiger partial charge is 0.396 e. The van der Waals surface area contributed by atoms with Crippen molar-refractivity contribution in [2.75, 3.05) is 26.4 Å². The van der Waals surface area contributed by atoms with Gasteiger partial charge in [-0.1, -0.05) is 61.8 Å². The number of unbranched alkanes of at least 4 members (excludes halogenated alkanes) is 1. The van der Waals surface area contributed by atoms with Gasteiger partial charge in [-0.25, -0.2) is 0 Å². The highest BCUT2D eigenvalue weighted by atomic mass is 17.0. The molecule has 0 amide bonds. The van der Waals surface area contributed by atoms with E-state index >= 15 is 0 Å². The van der Waals surface area contributed by atoms with Gasteiger partial charge in [-0.3, -0.25) is 0 Å². The molecule has 244 valence electrons. The van der Waals surface area contributed by atoms with Crippen LogP contribution in [0.2, 0.25) is 0 Å². The summed E-state index contributed by atoms with van der Waals surface area (Å²) in [6.07, 6.45) is 10.4. The molecule has 0 radical (unpaired) electrons. The zero-order chi connectivity index (χ0) is 31.8. The summed E-state index contributed by atoms with van der Waals surface area (Å²) in [7, 11) is 0. The van der Waals surface area contributed by atoms with Crippen molar-refractivity contribution < 1.29 is 39.1 Å². The van der Waals surface area contributed by atoms with Crippen molar-refractivity contribution in [1.29, 1.82) is 0 Å². The molecule has 0 aliphatic carbocycles. The van der Waals surface area contributed by atoms with E-state index in [0.717, 1.165) is 43.5 Å². The van der Waals surface area contributed by atoms with Crippen LogP contribution in [0.3, 0.4) is 0 Å². The second-order valence-electron chi connectivity index (χ2n) is 13.4. The van der Waals surface area contributed by atoms with Gasteiger partial charge in [0.25, 0.3) is 0 Å². The van der Waals surface area contributed by atoms with Crippen molar-refractivity contribution in [3.63, 3.8) is 0 Å². The summed E-state index contributed by atoms with van der Waals surface area (Å²) in [5, 5.41) is 33.4. The molecule has 0 aromatic heterocycles. The molecule has 41 heavy (non-hydrogen) atoms. The molecule has 3 fully saturated rings. The topological polar surface area (TPSA) is 127 Å². The number of carbonyl (C=O) groups is 2. The number of epoxide rings is 2. The molecule has 0 aromatic rings. The lowest BCUT2D eigenvalue weighted by Crippen LogP contribution is -2.40. The molecule has 3 heterocycles. The fraction of sp³-hybridized carbons (Fsp3) is 0.939. The van der Waals surface area contributed by atoms with Crippen LogP contribution in [0.5, 0.6) is 0 Å². The monoisotopic (exact) mass is 589 g/mol. The lowest BCUT2D eigenvalue weighted by Gasteiger charge is -2.41. The van der Waals surface area contributed by atoms with Crippen LogP contribution in [0.4, 0.5) is 0 Å². The Morgan fingerprint density at radius 2 is 1.49 bits per heavy atom. The Labute approximate surface area is 250 Å². The zero-order valence-electron chi connectivity index (χ0n) is 27.6. The second kappa shape index (κ2) is 20.9. The van der Waals surface area contributed by atoms with Crippen molar-refractivity contribution in [1.82, 2.24) is 0 Å². The van der Waals surface area contributed by atoms with Gasteiger partial charge in [-0.05, 0) is 80.5 Å². The van der Waals surface area contributed by atoms with Gasteiger partial charge in [-0.2, -0.15) is 0 Å². The average molecular weight is 590 g/mol. The number of aliphatic hydroxyl groups excluding tert-OH is 4. The molecular weight excluding hydrogens is 524 g/mol. The van der Waals surface area contributed by atoms with Gasteiger partial charge in [0.1, 0.15) is 12.6 Å². The third kappa shape index (κ3) is 14.0. The third-order valence-electron chi connectivity index (χ3n) is 9.34.